The summed E-state index contributed by atoms with van der Waals surface area (Å²) < 4.78 is 38.7. The number of benzene rings is 3. The minimum absolute atomic E-state index is 0.0391. The van der Waals surface area contributed by atoms with Gasteiger partial charge in [0.05, 0.1) is 5.56 Å². The molecule has 35 heavy (non-hydrogen) atoms. The van der Waals surface area contributed by atoms with E-state index in [1.54, 1.807) is 6.07 Å². The first-order chi connectivity index (χ1) is 16.7. The van der Waals surface area contributed by atoms with Crippen LogP contribution in [0.1, 0.15) is 32.6 Å². The van der Waals surface area contributed by atoms with Crippen LogP contribution in [-0.4, -0.2) is 42.8 Å². The summed E-state index contributed by atoms with van der Waals surface area (Å²) in [5, 5.41) is 0. The van der Waals surface area contributed by atoms with Crippen molar-refractivity contribution >= 4 is 17.4 Å². The summed E-state index contributed by atoms with van der Waals surface area (Å²) in [4.78, 5) is 29.3. The van der Waals surface area contributed by atoms with Crippen molar-refractivity contribution in [2.45, 2.75) is 25.9 Å². The number of rotatable bonds is 6. The largest absolute Gasteiger partial charge is 0.416 e. The van der Waals surface area contributed by atoms with Gasteiger partial charge < -0.3 is 9.80 Å². The van der Waals surface area contributed by atoms with E-state index in [0.717, 1.165) is 34.5 Å². The van der Waals surface area contributed by atoms with Gasteiger partial charge in [-0.2, -0.15) is 13.2 Å². The first kappa shape index (κ1) is 24.5. The van der Waals surface area contributed by atoms with Crippen LogP contribution in [0.25, 0.3) is 0 Å². The molecule has 0 aliphatic carbocycles. The zero-order valence-electron chi connectivity index (χ0n) is 19.5. The average Bonchev–Trinajstić information content (AvgIpc) is 2.84. The molecule has 0 radical (unpaired) electrons. The van der Waals surface area contributed by atoms with Crippen molar-refractivity contribution in [3.05, 3.63) is 101 Å². The molecule has 1 fully saturated rings. The number of halogens is 3. The van der Waals surface area contributed by atoms with E-state index < -0.39 is 11.7 Å². The highest BCUT2D eigenvalue weighted by atomic mass is 19.4. The molecule has 0 bridgehead atoms. The molecular weight excluding hydrogens is 453 g/mol. The zero-order valence-corrected chi connectivity index (χ0v) is 19.5. The fraction of sp³-hybridized carbons (Fsp3) is 0.286. The molecule has 0 N–H and O–H groups in total. The lowest BCUT2D eigenvalue weighted by atomic mass is 10.0. The van der Waals surface area contributed by atoms with Crippen LogP contribution in [0, 0.1) is 6.92 Å². The molecule has 1 saturated heterocycles. The lowest BCUT2D eigenvalue weighted by Gasteiger charge is -2.36. The average molecular weight is 481 g/mol. The Bertz CT molecular complexity index is 1200. The predicted molar refractivity (Wildman–Crippen MR) is 130 cm³/mol. The van der Waals surface area contributed by atoms with Gasteiger partial charge in [-0.1, -0.05) is 48.5 Å². The first-order valence-corrected chi connectivity index (χ1v) is 11.6. The number of Topliss-reactive ketones (excluding diaryl/α,β-unsaturated/α-hetero) is 1. The van der Waals surface area contributed by atoms with Gasteiger partial charge in [-0.15, -0.1) is 0 Å². The molecular formula is C28H27F3N2O2. The predicted octanol–water partition coefficient (Wildman–Crippen LogP) is 5.33. The molecule has 0 aromatic heterocycles. The highest BCUT2D eigenvalue weighted by molar-refractivity contribution is 5.95. The number of piperazine rings is 1. The minimum atomic E-state index is -4.42. The highest BCUT2D eigenvalue weighted by Crippen LogP contribution is 2.29. The van der Waals surface area contributed by atoms with Gasteiger partial charge in [0.25, 0.3) is 5.91 Å². The van der Waals surface area contributed by atoms with Crippen molar-refractivity contribution in [1.29, 1.82) is 0 Å². The molecule has 0 atom stereocenters. The molecule has 1 heterocycles. The van der Waals surface area contributed by atoms with E-state index in [2.05, 4.69) is 4.90 Å². The lowest BCUT2D eigenvalue weighted by Crippen LogP contribution is -2.48. The third-order valence-corrected chi connectivity index (χ3v) is 6.30. The highest BCUT2D eigenvalue weighted by Gasteiger charge is 2.30. The van der Waals surface area contributed by atoms with E-state index in [0.29, 0.717) is 31.7 Å². The van der Waals surface area contributed by atoms with E-state index >= 15 is 0 Å². The number of hydrogen-bond donors (Lipinski definition) is 0. The van der Waals surface area contributed by atoms with Crippen LogP contribution in [0.2, 0.25) is 0 Å². The number of ketones is 1. The van der Waals surface area contributed by atoms with Gasteiger partial charge in [0.2, 0.25) is 0 Å². The molecule has 3 aromatic rings. The summed E-state index contributed by atoms with van der Waals surface area (Å²) in [6.45, 7) is 4.63. The first-order valence-electron chi connectivity index (χ1n) is 11.6. The van der Waals surface area contributed by atoms with Gasteiger partial charge in [-0.25, -0.2) is 0 Å². The fourth-order valence-electron chi connectivity index (χ4n) is 4.35. The van der Waals surface area contributed by atoms with Crippen molar-refractivity contribution in [3.8, 4) is 0 Å². The topological polar surface area (TPSA) is 40.6 Å². The van der Waals surface area contributed by atoms with Crippen molar-refractivity contribution in [2.75, 3.05) is 31.1 Å². The number of alkyl halides is 3. The van der Waals surface area contributed by atoms with E-state index in [4.69, 9.17) is 0 Å². The number of carbonyl (C=O) groups excluding carboxylic acids is 2. The maximum atomic E-state index is 12.9. The van der Waals surface area contributed by atoms with Gasteiger partial charge >= 0.3 is 6.18 Å². The molecule has 1 aliphatic rings. The molecule has 3 aromatic carbocycles. The maximum Gasteiger partial charge on any atom is 0.416 e. The summed E-state index contributed by atoms with van der Waals surface area (Å²) in [5.41, 5.74) is 3.16. The smallest absolute Gasteiger partial charge is 0.368 e. The van der Waals surface area contributed by atoms with Crippen molar-refractivity contribution < 1.29 is 22.8 Å². The Morgan fingerprint density at radius 1 is 0.800 bits per heavy atom. The van der Waals surface area contributed by atoms with Crippen LogP contribution in [0.4, 0.5) is 18.9 Å². The van der Waals surface area contributed by atoms with Crippen molar-refractivity contribution in [2.24, 2.45) is 0 Å². The molecule has 0 spiro atoms. The molecule has 4 rings (SSSR count). The van der Waals surface area contributed by atoms with Gasteiger partial charge in [-0.05, 0) is 47.9 Å². The fourth-order valence-corrected chi connectivity index (χ4v) is 4.35. The monoisotopic (exact) mass is 480 g/mol. The normalized spacial score (nSPS) is 14.2. The SMILES string of the molecule is Cc1ccccc1C(=O)N1CCN(c2ccc(CC(=O)Cc3cccc(C(F)(F)F)c3)cc2)CC1. The number of nitrogens with zero attached hydrogens (tertiary/aromatic N) is 2. The Morgan fingerprint density at radius 3 is 2.11 bits per heavy atom. The molecule has 0 unspecified atom stereocenters. The van der Waals surface area contributed by atoms with E-state index in [-0.39, 0.29) is 24.5 Å². The number of anilines is 1. The zero-order chi connectivity index (χ0) is 25.0. The van der Waals surface area contributed by atoms with E-state index in [1.165, 1.54) is 6.07 Å². The Kier molecular flexibility index (Phi) is 7.24. The van der Waals surface area contributed by atoms with Crippen LogP contribution in [0.5, 0.6) is 0 Å². The summed E-state index contributed by atoms with van der Waals surface area (Å²) in [6, 6.07) is 20.2. The van der Waals surface area contributed by atoms with Gasteiger partial charge in [0.15, 0.2) is 0 Å². The van der Waals surface area contributed by atoms with Crippen LogP contribution in [0.3, 0.4) is 0 Å². The third-order valence-electron chi connectivity index (χ3n) is 6.30. The van der Waals surface area contributed by atoms with Crippen molar-refractivity contribution in [3.63, 3.8) is 0 Å². The second-order valence-corrected chi connectivity index (χ2v) is 8.85. The van der Waals surface area contributed by atoms with Crippen LogP contribution in [0.15, 0.2) is 72.8 Å². The number of aryl methyl sites for hydroxylation is 1. The number of amides is 1. The van der Waals surface area contributed by atoms with Crippen LogP contribution in [-0.2, 0) is 23.8 Å². The molecule has 0 saturated carbocycles. The van der Waals surface area contributed by atoms with E-state index in [9.17, 15) is 22.8 Å². The Labute approximate surface area is 203 Å². The molecule has 4 nitrogen and oxygen atoms in total. The summed E-state index contributed by atoms with van der Waals surface area (Å²) in [5.74, 6) is -0.0854. The van der Waals surface area contributed by atoms with Gasteiger partial charge in [-0.3, -0.25) is 9.59 Å². The quantitative estimate of drug-likeness (QED) is 0.479. The van der Waals surface area contributed by atoms with E-state index in [1.807, 2.05) is 60.4 Å². The Balaban J connectivity index is 1.30. The molecule has 182 valence electrons. The molecule has 1 aliphatic heterocycles. The Hall–Kier alpha value is -3.61. The summed E-state index contributed by atoms with van der Waals surface area (Å²) in [7, 11) is 0. The maximum absolute atomic E-state index is 12.9. The molecule has 7 heteroatoms. The van der Waals surface area contributed by atoms with Crippen molar-refractivity contribution in [1.82, 2.24) is 4.90 Å². The second kappa shape index (κ2) is 10.3. The standard InChI is InChI=1S/C28H27F3N2O2/c1-20-5-2-3-8-26(20)27(35)33-15-13-32(14-16-33)24-11-9-21(10-12-24)18-25(34)19-22-6-4-7-23(17-22)28(29,30)31/h2-12,17H,13-16,18-19H2,1H3. The summed E-state index contributed by atoms with van der Waals surface area (Å²) >= 11 is 0. The van der Waals surface area contributed by atoms with Crippen LogP contribution < -0.4 is 4.90 Å². The summed E-state index contributed by atoms with van der Waals surface area (Å²) in [6.07, 6.45) is -4.30. The van der Waals surface area contributed by atoms with Crippen LogP contribution >= 0.6 is 0 Å². The minimum Gasteiger partial charge on any atom is -0.368 e. The Morgan fingerprint density at radius 2 is 1.46 bits per heavy atom. The number of hydrogen-bond acceptors (Lipinski definition) is 3. The van der Waals surface area contributed by atoms with Gasteiger partial charge in [0.1, 0.15) is 5.78 Å². The van der Waals surface area contributed by atoms with Gasteiger partial charge in [0, 0.05) is 50.3 Å². The number of carbonyl (C=O) groups is 2. The third kappa shape index (κ3) is 6.10. The second-order valence-electron chi connectivity index (χ2n) is 8.85. The lowest BCUT2D eigenvalue weighted by molar-refractivity contribution is -0.137. The molecule has 1 amide bonds.